The Labute approximate surface area is 147 Å². The van der Waals surface area contributed by atoms with Gasteiger partial charge in [-0.1, -0.05) is 12.8 Å². The highest BCUT2D eigenvalue weighted by molar-refractivity contribution is 5.93. The quantitative estimate of drug-likeness (QED) is 0.890. The van der Waals surface area contributed by atoms with Crippen molar-refractivity contribution in [3.63, 3.8) is 0 Å². The normalized spacial score (nSPS) is 23.1. The van der Waals surface area contributed by atoms with Crippen LogP contribution in [-0.2, 0) is 4.79 Å². The zero-order valence-electron chi connectivity index (χ0n) is 14.7. The fourth-order valence-corrected chi connectivity index (χ4v) is 3.21. The van der Waals surface area contributed by atoms with Gasteiger partial charge in [0.25, 0.3) is 0 Å². The van der Waals surface area contributed by atoms with E-state index in [4.69, 9.17) is 10.5 Å². The minimum Gasteiger partial charge on any atom is -0.424 e. The number of benzene rings is 1. The van der Waals surface area contributed by atoms with Gasteiger partial charge in [0.05, 0.1) is 5.92 Å². The number of nitrogens with zero attached hydrogens (tertiary/aromatic N) is 2. The van der Waals surface area contributed by atoms with Gasteiger partial charge < -0.3 is 15.8 Å². The number of carbonyl (C=O) groups excluding carboxylic acids is 1. The standard InChI is InChI=1S/C19H24N4O2/c1-13-10-12-21-18(22-13)25-15-8-6-14(7-9-15)23-17(24)16-5-3-4-11-19(16,2)20/h6-10,12,16H,3-5,11,20H2,1-2H3,(H,23,24). The molecule has 3 N–H and O–H groups in total. The van der Waals surface area contributed by atoms with Gasteiger partial charge in [0.1, 0.15) is 5.75 Å². The molecule has 1 aromatic carbocycles. The molecule has 1 aliphatic carbocycles. The molecule has 1 aromatic heterocycles. The Morgan fingerprint density at radius 2 is 2.04 bits per heavy atom. The monoisotopic (exact) mass is 340 g/mol. The van der Waals surface area contributed by atoms with Crippen LogP contribution < -0.4 is 15.8 Å². The lowest BCUT2D eigenvalue weighted by atomic mass is 9.74. The van der Waals surface area contributed by atoms with E-state index in [1.807, 2.05) is 19.9 Å². The van der Waals surface area contributed by atoms with Gasteiger partial charge in [0.2, 0.25) is 5.91 Å². The van der Waals surface area contributed by atoms with Crippen LogP contribution in [-0.4, -0.2) is 21.4 Å². The van der Waals surface area contributed by atoms with Crippen LogP contribution in [0, 0.1) is 12.8 Å². The van der Waals surface area contributed by atoms with E-state index in [1.165, 1.54) is 0 Å². The van der Waals surface area contributed by atoms with E-state index >= 15 is 0 Å². The predicted molar refractivity (Wildman–Crippen MR) is 96.5 cm³/mol. The van der Waals surface area contributed by atoms with E-state index in [2.05, 4.69) is 15.3 Å². The van der Waals surface area contributed by atoms with Crippen LogP contribution in [0.3, 0.4) is 0 Å². The molecule has 0 bridgehead atoms. The van der Waals surface area contributed by atoms with E-state index in [1.54, 1.807) is 30.5 Å². The minimum absolute atomic E-state index is 0.0135. The zero-order chi connectivity index (χ0) is 17.9. The minimum atomic E-state index is -0.437. The van der Waals surface area contributed by atoms with Crippen molar-refractivity contribution in [2.75, 3.05) is 5.32 Å². The molecule has 2 unspecified atom stereocenters. The van der Waals surface area contributed by atoms with Crippen LogP contribution in [0.15, 0.2) is 36.5 Å². The molecule has 132 valence electrons. The van der Waals surface area contributed by atoms with Crippen LogP contribution in [0.25, 0.3) is 0 Å². The molecule has 0 aliphatic heterocycles. The Morgan fingerprint density at radius 3 is 2.72 bits per heavy atom. The van der Waals surface area contributed by atoms with E-state index in [-0.39, 0.29) is 11.8 Å². The largest absolute Gasteiger partial charge is 0.424 e. The lowest BCUT2D eigenvalue weighted by Gasteiger charge is -2.37. The van der Waals surface area contributed by atoms with Crippen molar-refractivity contribution in [1.29, 1.82) is 0 Å². The van der Waals surface area contributed by atoms with Gasteiger partial charge in [0.15, 0.2) is 0 Å². The molecule has 1 saturated carbocycles. The van der Waals surface area contributed by atoms with Crippen LogP contribution >= 0.6 is 0 Å². The third-order valence-corrected chi connectivity index (χ3v) is 4.67. The number of hydrogen-bond donors (Lipinski definition) is 2. The molecule has 6 nitrogen and oxygen atoms in total. The summed E-state index contributed by atoms with van der Waals surface area (Å²) >= 11 is 0. The SMILES string of the molecule is Cc1ccnc(Oc2ccc(NC(=O)C3CCCCC3(C)N)cc2)n1. The molecule has 0 saturated heterocycles. The molecule has 0 radical (unpaired) electrons. The number of nitrogens with one attached hydrogen (secondary N) is 1. The first-order valence-electron chi connectivity index (χ1n) is 8.61. The van der Waals surface area contributed by atoms with Crippen molar-refractivity contribution in [1.82, 2.24) is 9.97 Å². The van der Waals surface area contributed by atoms with Gasteiger partial charge >= 0.3 is 6.01 Å². The summed E-state index contributed by atoms with van der Waals surface area (Å²) in [5.41, 5.74) is 7.43. The molecule has 2 aromatic rings. The summed E-state index contributed by atoms with van der Waals surface area (Å²) in [6.45, 7) is 3.85. The maximum atomic E-state index is 12.6. The molecule has 2 atom stereocenters. The second-order valence-corrected chi connectivity index (χ2v) is 6.90. The Kier molecular flexibility index (Phi) is 4.99. The number of aryl methyl sites for hydroxylation is 1. The fourth-order valence-electron chi connectivity index (χ4n) is 3.21. The topological polar surface area (TPSA) is 90.1 Å². The smallest absolute Gasteiger partial charge is 0.322 e. The highest BCUT2D eigenvalue weighted by Crippen LogP contribution is 2.32. The van der Waals surface area contributed by atoms with Crippen LogP contribution in [0.4, 0.5) is 5.69 Å². The number of nitrogens with two attached hydrogens (primary N) is 1. The predicted octanol–water partition coefficient (Wildman–Crippen LogP) is 3.42. The zero-order valence-corrected chi connectivity index (χ0v) is 14.7. The molecule has 0 spiro atoms. The van der Waals surface area contributed by atoms with Gasteiger partial charge in [-0.3, -0.25) is 4.79 Å². The van der Waals surface area contributed by atoms with Crippen molar-refractivity contribution in [3.8, 4) is 11.8 Å². The van der Waals surface area contributed by atoms with Crippen LogP contribution in [0.1, 0.15) is 38.3 Å². The summed E-state index contributed by atoms with van der Waals surface area (Å²) < 4.78 is 5.61. The number of amides is 1. The Bertz CT molecular complexity index is 743. The molecule has 3 rings (SSSR count). The molecule has 1 amide bonds. The van der Waals surface area contributed by atoms with Gasteiger partial charge in [-0.2, -0.15) is 0 Å². The third-order valence-electron chi connectivity index (χ3n) is 4.67. The Hall–Kier alpha value is -2.47. The first kappa shape index (κ1) is 17.4. The number of carbonyl (C=O) groups is 1. The number of hydrogen-bond acceptors (Lipinski definition) is 5. The molecular formula is C19H24N4O2. The molecule has 1 heterocycles. The van der Waals surface area contributed by atoms with E-state index in [0.29, 0.717) is 11.8 Å². The number of rotatable bonds is 4. The summed E-state index contributed by atoms with van der Waals surface area (Å²) in [4.78, 5) is 20.8. The average Bonchev–Trinajstić information content (AvgIpc) is 2.56. The Balaban J connectivity index is 1.63. The number of ether oxygens (including phenoxy) is 1. The summed E-state index contributed by atoms with van der Waals surface area (Å²) in [6.07, 6.45) is 5.51. The Morgan fingerprint density at radius 1 is 1.28 bits per heavy atom. The van der Waals surface area contributed by atoms with E-state index in [0.717, 1.165) is 37.1 Å². The van der Waals surface area contributed by atoms with Gasteiger partial charge in [-0.15, -0.1) is 0 Å². The first-order chi connectivity index (χ1) is 11.9. The van der Waals surface area contributed by atoms with Crippen LogP contribution in [0.5, 0.6) is 11.8 Å². The average molecular weight is 340 g/mol. The van der Waals surface area contributed by atoms with Crippen molar-refractivity contribution < 1.29 is 9.53 Å². The lowest BCUT2D eigenvalue weighted by Crippen LogP contribution is -2.51. The lowest BCUT2D eigenvalue weighted by molar-refractivity contribution is -0.122. The third kappa shape index (κ3) is 4.33. The molecule has 1 fully saturated rings. The van der Waals surface area contributed by atoms with Gasteiger partial charge in [0, 0.05) is 23.1 Å². The molecular weight excluding hydrogens is 316 g/mol. The van der Waals surface area contributed by atoms with Crippen molar-refractivity contribution in [3.05, 3.63) is 42.2 Å². The maximum absolute atomic E-state index is 12.6. The van der Waals surface area contributed by atoms with Crippen molar-refractivity contribution in [2.24, 2.45) is 11.7 Å². The van der Waals surface area contributed by atoms with Gasteiger partial charge in [-0.25, -0.2) is 9.97 Å². The summed E-state index contributed by atoms with van der Waals surface area (Å²) in [7, 11) is 0. The van der Waals surface area contributed by atoms with Gasteiger partial charge in [-0.05, 0) is 57.0 Å². The highest BCUT2D eigenvalue weighted by Gasteiger charge is 2.37. The van der Waals surface area contributed by atoms with Crippen molar-refractivity contribution in [2.45, 2.75) is 45.1 Å². The summed E-state index contributed by atoms with van der Waals surface area (Å²) in [5, 5.41) is 2.96. The molecule has 25 heavy (non-hydrogen) atoms. The summed E-state index contributed by atoms with van der Waals surface area (Å²) in [6, 6.07) is 9.28. The first-order valence-corrected chi connectivity index (χ1v) is 8.61. The second-order valence-electron chi connectivity index (χ2n) is 6.90. The number of aromatic nitrogens is 2. The molecule has 6 heteroatoms. The highest BCUT2D eigenvalue weighted by atomic mass is 16.5. The van der Waals surface area contributed by atoms with E-state index in [9.17, 15) is 4.79 Å². The maximum Gasteiger partial charge on any atom is 0.322 e. The van der Waals surface area contributed by atoms with E-state index < -0.39 is 5.54 Å². The second kappa shape index (κ2) is 7.19. The fraction of sp³-hybridized carbons (Fsp3) is 0.421. The number of anilines is 1. The van der Waals surface area contributed by atoms with Crippen molar-refractivity contribution >= 4 is 11.6 Å². The summed E-state index contributed by atoms with van der Waals surface area (Å²) in [5.74, 6) is 0.447. The molecule has 1 aliphatic rings. The van der Waals surface area contributed by atoms with Crippen LogP contribution in [0.2, 0.25) is 0 Å².